The third-order valence-electron chi connectivity index (χ3n) is 2.80. The minimum atomic E-state index is -0.119. The average Bonchev–Trinajstić information content (AvgIpc) is 2.46. The minimum absolute atomic E-state index is 0.0263. The first-order valence-electron chi connectivity index (χ1n) is 6.35. The van der Waals surface area contributed by atoms with E-state index < -0.39 is 0 Å². The molecule has 2 aromatic rings. The monoisotopic (exact) mass is 268 g/mol. The van der Waals surface area contributed by atoms with E-state index in [2.05, 4.69) is 10.6 Å². The minimum Gasteiger partial charge on any atom is -0.376 e. The molecule has 0 unspecified atom stereocenters. The third kappa shape index (κ3) is 3.95. The molecule has 4 nitrogen and oxygen atoms in total. The van der Waals surface area contributed by atoms with Crippen LogP contribution in [0.15, 0.2) is 54.6 Å². The van der Waals surface area contributed by atoms with Gasteiger partial charge in [-0.2, -0.15) is 0 Å². The van der Waals surface area contributed by atoms with E-state index in [1.165, 1.54) is 6.92 Å². The molecular weight excluding hydrogens is 252 g/mol. The number of anilines is 2. The second kappa shape index (κ2) is 6.52. The molecule has 0 bridgehead atoms. The van der Waals surface area contributed by atoms with Gasteiger partial charge in [0, 0.05) is 16.9 Å². The molecule has 102 valence electrons. The number of para-hydroxylation sites is 1. The smallest absolute Gasteiger partial charge is 0.243 e. The summed E-state index contributed by atoms with van der Waals surface area (Å²) in [5, 5.41) is 5.79. The van der Waals surface area contributed by atoms with Crippen molar-refractivity contribution in [1.29, 1.82) is 0 Å². The van der Waals surface area contributed by atoms with Crippen LogP contribution in [0.25, 0.3) is 0 Å². The summed E-state index contributed by atoms with van der Waals surface area (Å²) in [6.45, 7) is 1.70. The normalized spacial score (nSPS) is 9.85. The van der Waals surface area contributed by atoms with Crippen LogP contribution in [-0.2, 0) is 4.79 Å². The highest BCUT2D eigenvalue weighted by atomic mass is 16.2. The maximum Gasteiger partial charge on any atom is 0.243 e. The largest absolute Gasteiger partial charge is 0.376 e. The van der Waals surface area contributed by atoms with Crippen molar-refractivity contribution in [3.05, 3.63) is 60.2 Å². The first-order chi connectivity index (χ1) is 9.65. The number of nitrogens with one attached hydrogen (secondary N) is 2. The van der Waals surface area contributed by atoms with Gasteiger partial charge < -0.3 is 10.6 Å². The Morgan fingerprint density at radius 2 is 1.55 bits per heavy atom. The lowest BCUT2D eigenvalue weighted by molar-refractivity contribution is -0.114. The van der Waals surface area contributed by atoms with Crippen molar-refractivity contribution in [2.24, 2.45) is 0 Å². The molecule has 0 radical (unpaired) electrons. The molecule has 0 aliphatic rings. The first kappa shape index (κ1) is 13.8. The van der Waals surface area contributed by atoms with E-state index in [9.17, 15) is 9.59 Å². The molecule has 0 spiro atoms. The number of carbonyl (C=O) groups excluding carboxylic acids is 2. The van der Waals surface area contributed by atoms with Gasteiger partial charge in [-0.3, -0.25) is 9.59 Å². The molecule has 0 aliphatic carbocycles. The molecule has 4 heteroatoms. The zero-order valence-corrected chi connectivity index (χ0v) is 11.2. The van der Waals surface area contributed by atoms with Crippen LogP contribution in [0.4, 0.5) is 11.4 Å². The highest BCUT2D eigenvalue weighted by molar-refractivity contribution is 5.95. The maximum atomic E-state index is 11.7. The molecular formula is C16H16N2O2. The number of benzene rings is 2. The van der Waals surface area contributed by atoms with Gasteiger partial charge in [0.2, 0.25) is 5.91 Å². The van der Waals surface area contributed by atoms with E-state index in [0.717, 1.165) is 11.4 Å². The van der Waals surface area contributed by atoms with Crippen LogP contribution in [-0.4, -0.2) is 18.2 Å². The number of hydrogen-bond donors (Lipinski definition) is 2. The summed E-state index contributed by atoms with van der Waals surface area (Å²) >= 11 is 0. The Kier molecular flexibility index (Phi) is 4.50. The SMILES string of the molecule is CC(=O)c1ccc(NCC(=O)Nc2ccccc2)cc1. The second-order valence-corrected chi connectivity index (χ2v) is 4.40. The van der Waals surface area contributed by atoms with Crippen molar-refractivity contribution < 1.29 is 9.59 Å². The molecule has 20 heavy (non-hydrogen) atoms. The third-order valence-corrected chi connectivity index (χ3v) is 2.80. The summed E-state index contributed by atoms with van der Waals surface area (Å²) in [5.74, 6) is -0.0924. The molecule has 0 saturated carbocycles. The van der Waals surface area contributed by atoms with E-state index >= 15 is 0 Å². The van der Waals surface area contributed by atoms with Gasteiger partial charge in [-0.25, -0.2) is 0 Å². The van der Waals surface area contributed by atoms with E-state index in [-0.39, 0.29) is 18.2 Å². The summed E-state index contributed by atoms with van der Waals surface area (Å²) in [7, 11) is 0. The predicted octanol–water partition coefficient (Wildman–Crippen LogP) is 2.94. The quantitative estimate of drug-likeness (QED) is 0.820. The number of hydrogen-bond acceptors (Lipinski definition) is 3. The molecule has 2 aromatic carbocycles. The molecule has 0 atom stereocenters. The maximum absolute atomic E-state index is 11.7. The zero-order valence-electron chi connectivity index (χ0n) is 11.2. The molecule has 0 aromatic heterocycles. The lowest BCUT2D eigenvalue weighted by Gasteiger charge is -2.08. The molecule has 2 N–H and O–H groups in total. The van der Waals surface area contributed by atoms with Crippen molar-refractivity contribution in [2.45, 2.75) is 6.92 Å². The van der Waals surface area contributed by atoms with Gasteiger partial charge >= 0.3 is 0 Å². The van der Waals surface area contributed by atoms with Crippen LogP contribution in [0.5, 0.6) is 0 Å². The standard InChI is InChI=1S/C16H16N2O2/c1-12(19)13-7-9-14(10-8-13)17-11-16(20)18-15-5-3-2-4-6-15/h2-10,17H,11H2,1H3,(H,18,20). The van der Waals surface area contributed by atoms with Crippen LogP contribution < -0.4 is 10.6 Å². The van der Waals surface area contributed by atoms with E-state index in [1.807, 2.05) is 30.3 Å². The number of amides is 1. The van der Waals surface area contributed by atoms with E-state index in [4.69, 9.17) is 0 Å². The van der Waals surface area contributed by atoms with Gasteiger partial charge in [0.05, 0.1) is 6.54 Å². The van der Waals surface area contributed by atoms with Gasteiger partial charge in [-0.1, -0.05) is 18.2 Å². The summed E-state index contributed by atoms with van der Waals surface area (Å²) in [6, 6.07) is 16.3. The number of ketones is 1. The van der Waals surface area contributed by atoms with Crippen molar-refractivity contribution in [2.75, 3.05) is 17.2 Å². The summed E-state index contributed by atoms with van der Waals surface area (Å²) < 4.78 is 0. The van der Waals surface area contributed by atoms with Crippen molar-refractivity contribution in [1.82, 2.24) is 0 Å². The average molecular weight is 268 g/mol. The lowest BCUT2D eigenvalue weighted by atomic mass is 10.1. The molecule has 2 rings (SSSR count). The molecule has 0 aliphatic heterocycles. The number of carbonyl (C=O) groups is 2. The zero-order chi connectivity index (χ0) is 14.4. The Morgan fingerprint density at radius 3 is 2.15 bits per heavy atom. The highest BCUT2D eigenvalue weighted by Gasteiger charge is 2.02. The van der Waals surface area contributed by atoms with Gasteiger partial charge in [0.25, 0.3) is 0 Å². The van der Waals surface area contributed by atoms with Crippen LogP contribution in [0, 0.1) is 0 Å². The molecule has 1 amide bonds. The highest BCUT2D eigenvalue weighted by Crippen LogP contribution is 2.10. The van der Waals surface area contributed by atoms with Crippen molar-refractivity contribution in [3.8, 4) is 0 Å². The number of rotatable bonds is 5. The molecule has 0 heterocycles. The summed E-state index contributed by atoms with van der Waals surface area (Å²) in [4.78, 5) is 22.9. The van der Waals surface area contributed by atoms with E-state index in [0.29, 0.717) is 5.56 Å². The summed E-state index contributed by atoms with van der Waals surface area (Å²) in [6.07, 6.45) is 0. The topological polar surface area (TPSA) is 58.2 Å². The summed E-state index contributed by atoms with van der Waals surface area (Å²) in [5.41, 5.74) is 2.23. The predicted molar refractivity (Wildman–Crippen MR) is 80.0 cm³/mol. The van der Waals surface area contributed by atoms with Crippen LogP contribution in [0.1, 0.15) is 17.3 Å². The Balaban J connectivity index is 1.85. The van der Waals surface area contributed by atoms with Gasteiger partial charge in [-0.15, -0.1) is 0 Å². The Morgan fingerprint density at radius 1 is 0.900 bits per heavy atom. The van der Waals surface area contributed by atoms with Gasteiger partial charge in [0.1, 0.15) is 0 Å². The fourth-order valence-corrected chi connectivity index (χ4v) is 1.73. The molecule has 0 saturated heterocycles. The van der Waals surface area contributed by atoms with Crippen molar-refractivity contribution in [3.63, 3.8) is 0 Å². The Bertz CT molecular complexity index is 592. The van der Waals surface area contributed by atoms with Crippen LogP contribution >= 0.6 is 0 Å². The van der Waals surface area contributed by atoms with Gasteiger partial charge in [-0.05, 0) is 43.3 Å². The Hall–Kier alpha value is -2.62. The second-order valence-electron chi connectivity index (χ2n) is 4.40. The lowest BCUT2D eigenvalue weighted by Crippen LogP contribution is -2.21. The number of Topliss-reactive ketones (excluding diaryl/α,β-unsaturated/α-hetero) is 1. The first-order valence-corrected chi connectivity index (χ1v) is 6.35. The fourth-order valence-electron chi connectivity index (χ4n) is 1.73. The van der Waals surface area contributed by atoms with Crippen LogP contribution in [0.3, 0.4) is 0 Å². The van der Waals surface area contributed by atoms with Gasteiger partial charge in [0.15, 0.2) is 5.78 Å². The van der Waals surface area contributed by atoms with Crippen LogP contribution in [0.2, 0.25) is 0 Å². The fraction of sp³-hybridized carbons (Fsp3) is 0.125. The van der Waals surface area contributed by atoms with E-state index in [1.54, 1.807) is 24.3 Å². The molecule has 0 fully saturated rings. The Labute approximate surface area is 117 Å². The van der Waals surface area contributed by atoms with Crippen molar-refractivity contribution >= 4 is 23.1 Å².